The molecule has 1 rings (SSSR count). The first-order valence-electron chi connectivity index (χ1n) is 2.75. The minimum atomic E-state index is 0.565. The van der Waals surface area contributed by atoms with Crippen LogP contribution < -0.4 is 5.84 Å². The van der Waals surface area contributed by atoms with Gasteiger partial charge in [0.25, 0.3) is 0 Å². The summed E-state index contributed by atoms with van der Waals surface area (Å²) in [6, 6.07) is 0. The van der Waals surface area contributed by atoms with Gasteiger partial charge in [-0.25, -0.2) is 9.66 Å². The molecule has 0 saturated carbocycles. The lowest BCUT2D eigenvalue weighted by molar-refractivity contribution is 0.970. The zero-order valence-electron chi connectivity index (χ0n) is 5.41. The second kappa shape index (κ2) is 2.34. The van der Waals surface area contributed by atoms with Crippen LogP contribution in [0.5, 0.6) is 0 Å². The third kappa shape index (κ3) is 0.793. The molecule has 3 N–H and O–H groups in total. The molecular weight excluding hydrogens is 128 g/mol. The number of hydrogen-bond donors (Lipinski definition) is 2. The van der Waals surface area contributed by atoms with Crippen molar-refractivity contribution in [2.45, 2.75) is 0 Å². The summed E-state index contributed by atoms with van der Waals surface area (Å²) < 4.78 is 1.31. The number of nitrogen functional groups attached to an aromatic ring is 1. The number of nitrogens with zero attached hydrogens (tertiary/aromatic N) is 2. The highest BCUT2D eigenvalue weighted by Crippen LogP contribution is 1.97. The Hall–Kier alpha value is -1.58. The number of nitrogens with one attached hydrogen (secondary N) is 1. The van der Waals surface area contributed by atoms with Gasteiger partial charge in [0.15, 0.2) is 5.82 Å². The van der Waals surface area contributed by atoms with E-state index in [1.54, 1.807) is 0 Å². The van der Waals surface area contributed by atoms with Crippen molar-refractivity contribution in [3.8, 4) is 0 Å². The van der Waals surface area contributed by atoms with Crippen molar-refractivity contribution >= 4 is 12.3 Å². The molecule has 0 amide bonds. The molecule has 0 radical (unpaired) electrons. The Kier molecular flexibility index (Phi) is 1.53. The van der Waals surface area contributed by atoms with Crippen LogP contribution in [0.3, 0.4) is 0 Å². The van der Waals surface area contributed by atoms with Crippen molar-refractivity contribution in [1.29, 1.82) is 5.41 Å². The van der Waals surface area contributed by atoms with Gasteiger partial charge in [-0.05, 0) is 6.08 Å². The second-order valence-corrected chi connectivity index (χ2v) is 1.76. The third-order valence-corrected chi connectivity index (χ3v) is 1.18. The van der Waals surface area contributed by atoms with Crippen molar-refractivity contribution in [2.24, 2.45) is 0 Å². The Morgan fingerprint density at radius 3 is 2.80 bits per heavy atom. The van der Waals surface area contributed by atoms with E-state index in [0.717, 1.165) is 6.21 Å². The summed E-state index contributed by atoms with van der Waals surface area (Å²) in [7, 11) is 0. The van der Waals surface area contributed by atoms with Gasteiger partial charge in [-0.3, -0.25) is 0 Å². The molecule has 0 spiro atoms. The van der Waals surface area contributed by atoms with E-state index in [1.165, 1.54) is 16.9 Å². The zero-order chi connectivity index (χ0) is 7.56. The summed E-state index contributed by atoms with van der Waals surface area (Å²) in [5.41, 5.74) is 0.565. The van der Waals surface area contributed by atoms with E-state index >= 15 is 0 Å². The maximum absolute atomic E-state index is 6.87. The molecule has 0 aliphatic carbocycles. The fraction of sp³-hybridized carbons (Fsp3) is 0. The van der Waals surface area contributed by atoms with Crippen LogP contribution in [-0.2, 0) is 0 Å². The first kappa shape index (κ1) is 6.54. The van der Waals surface area contributed by atoms with Crippen LogP contribution in [-0.4, -0.2) is 15.9 Å². The lowest BCUT2D eigenvalue weighted by atomic mass is 10.5. The van der Waals surface area contributed by atoms with Crippen molar-refractivity contribution < 1.29 is 0 Å². The van der Waals surface area contributed by atoms with E-state index in [4.69, 9.17) is 11.3 Å². The van der Waals surface area contributed by atoms with E-state index in [-0.39, 0.29) is 0 Å². The fourth-order valence-electron chi connectivity index (χ4n) is 0.647. The first-order chi connectivity index (χ1) is 4.79. The highest BCUT2D eigenvalue weighted by molar-refractivity contribution is 5.74. The van der Waals surface area contributed by atoms with Crippen LogP contribution in [0, 0.1) is 5.41 Å². The van der Waals surface area contributed by atoms with Crippen molar-refractivity contribution in [3.05, 3.63) is 24.3 Å². The molecule has 52 valence electrons. The maximum Gasteiger partial charge on any atom is 0.150 e. The lowest BCUT2D eigenvalue weighted by Crippen LogP contribution is -2.13. The number of imidazole rings is 1. The van der Waals surface area contributed by atoms with E-state index in [2.05, 4.69) is 11.6 Å². The van der Waals surface area contributed by atoms with E-state index in [1.807, 2.05) is 0 Å². The number of rotatable bonds is 2. The average molecular weight is 136 g/mol. The summed E-state index contributed by atoms with van der Waals surface area (Å²) >= 11 is 0. The third-order valence-electron chi connectivity index (χ3n) is 1.18. The Morgan fingerprint density at radius 1 is 1.80 bits per heavy atom. The van der Waals surface area contributed by atoms with Crippen molar-refractivity contribution in [1.82, 2.24) is 9.66 Å². The minimum absolute atomic E-state index is 0.565. The average Bonchev–Trinajstić information content (AvgIpc) is 2.30. The Morgan fingerprint density at radius 2 is 2.50 bits per heavy atom. The zero-order valence-corrected chi connectivity index (χ0v) is 5.41. The summed E-state index contributed by atoms with van der Waals surface area (Å²) in [5.74, 6) is 6.02. The fourth-order valence-corrected chi connectivity index (χ4v) is 0.647. The van der Waals surface area contributed by atoms with Crippen LogP contribution >= 0.6 is 0 Å². The Bertz CT molecular complexity index is 235. The highest BCUT2D eigenvalue weighted by atomic mass is 15.3. The topological polar surface area (TPSA) is 67.7 Å². The standard InChI is InChI=1S/C6H8N4/c1-2-6-9-4-5(3-7)10(6)8/h2-4,7H,1,8H2. The largest absolute Gasteiger partial charge is 0.337 e. The highest BCUT2D eigenvalue weighted by Gasteiger charge is 1.99. The predicted octanol–water partition coefficient (Wildman–Crippen LogP) is 0.238. The molecular formula is C6H8N4. The molecule has 0 bridgehead atoms. The normalized spacial score (nSPS) is 9.20. The number of hydrogen-bond acceptors (Lipinski definition) is 3. The van der Waals surface area contributed by atoms with Crippen molar-refractivity contribution in [3.63, 3.8) is 0 Å². The minimum Gasteiger partial charge on any atom is -0.337 e. The van der Waals surface area contributed by atoms with Crippen LogP contribution in [0.2, 0.25) is 0 Å². The molecule has 10 heavy (non-hydrogen) atoms. The smallest absolute Gasteiger partial charge is 0.150 e. The van der Waals surface area contributed by atoms with Crippen molar-refractivity contribution in [2.75, 3.05) is 5.84 Å². The van der Waals surface area contributed by atoms with Gasteiger partial charge in [0.05, 0.1) is 6.20 Å². The summed E-state index contributed by atoms with van der Waals surface area (Å²) in [5, 5.41) is 6.87. The summed E-state index contributed by atoms with van der Waals surface area (Å²) in [4.78, 5) is 3.87. The molecule has 4 nitrogen and oxygen atoms in total. The lowest BCUT2D eigenvalue weighted by Gasteiger charge is -1.95. The van der Waals surface area contributed by atoms with Gasteiger partial charge >= 0.3 is 0 Å². The summed E-state index contributed by atoms with van der Waals surface area (Å²) in [6.45, 7) is 3.50. The first-order valence-corrected chi connectivity index (χ1v) is 2.75. The quantitative estimate of drug-likeness (QED) is 0.451. The molecule has 0 unspecified atom stereocenters. The van der Waals surface area contributed by atoms with Gasteiger partial charge in [-0.15, -0.1) is 0 Å². The SMILES string of the molecule is C=Cc1ncc(C=N)n1N. The molecule has 0 aromatic carbocycles. The van der Waals surface area contributed by atoms with E-state index in [0.29, 0.717) is 11.5 Å². The van der Waals surface area contributed by atoms with Gasteiger partial charge in [-0.1, -0.05) is 6.58 Å². The number of aromatic nitrogens is 2. The molecule has 0 saturated heterocycles. The van der Waals surface area contributed by atoms with Crippen LogP contribution in [0.4, 0.5) is 0 Å². The molecule has 1 heterocycles. The van der Waals surface area contributed by atoms with Gasteiger partial charge in [0.1, 0.15) is 5.69 Å². The van der Waals surface area contributed by atoms with E-state index in [9.17, 15) is 0 Å². The predicted molar refractivity (Wildman–Crippen MR) is 40.4 cm³/mol. The number of nitrogens with two attached hydrogens (primary N) is 1. The van der Waals surface area contributed by atoms with Crippen LogP contribution in [0.25, 0.3) is 6.08 Å². The van der Waals surface area contributed by atoms with Crippen LogP contribution in [0.1, 0.15) is 11.5 Å². The summed E-state index contributed by atoms with van der Waals surface area (Å²) in [6.07, 6.45) is 4.19. The van der Waals surface area contributed by atoms with Gasteiger partial charge in [0.2, 0.25) is 0 Å². The molecule has 0 fully saturated rings. The monoisotopic (exact) mass is 136 g/mol. The molecule has 4 heteroatoms. The van der Waals surface area contributed by atoms with Gasteiger partial charge in [-0.2, -0.15) is 0 Å². The van der Waals surface area contributed by atoms with Crippen LogP contribution in [0.15, 0.2) is 12.8 Å². The molecule has 0 aliphatic heterocycles. The Balaban J connectivity index is 3.20. The van der Waals surface area contributed by atoms with E-state index < -0.39 is 0 Å². The maximum atomic E-state index is 6.87. The molecule has 0 aliphatic rings. The molecule has 1 aromatic heterocycles. The molecule has 0 atom stereocenters. The van der Waals surface area contributed by atoms with Gasteiger partial charge in [0, 0.05) is 6.21 Å². The van der Waals surface area contributed by atoms with Gasteiger partial charge < -0.3 is 11.3 Å². The second-order valence-electron chi connectivity index (χ2n) is 1.76. The Labute approximate surface area is 58.5 Å². The molecule has 1 aromatic rings.